The highest BCUT2D eigenvalue weighted by atomic mass is 127. The van der Waals surface area contributed by atoms with E-state index in [4.69, 9.17) is 0 Å². The van der Waals surface area contributed by atoms with Crippen LogP contribution < -0.4 is 0 Å². The first-order chi connectivity index (χ1) is 5.27. The Kier molecular flexibility index (Phi) is 2.45. The topological polar surface area (TPSA) is 0 Å². The summed E-state index contributed by atoms with van der Waals surface area (Å²) in [6.07, 6.45) is 7.59. The summed E-state index contributed by atoms with van der Waals surface area (Å²) in [4.78, 5) is 0. The van der Waals surface area contributed by atoms with Crippen LogP contribution in [0.15, 0.2) is 0 Å². The quantitative estimate of drug-likeness (QED) is 0.463. The molecule has 0 N–H and O–H groups in total. The van der Waals surface area contributed by atoms with E-state index in [9.17, 15) is 0 Å². The van der Waals surface area contributed by atoms with E-state index in [1.807, 2.05) is 0 Å². The van der Waals surface area contributed by atoms with Crippen LogP contribution in [0.5, 0.6) is 0 Å². The van der Waals surface area contributed by atoms with Crippen LogP contribution in [-0.4, -0.2) is 3.92 Å². The summed E-state index contributed by atoms with van der Waals surface area (Å²) in [6.45, 7) is 2.43. The number of hydrogen-bond donors (Lipinski definition) is 0. The molecule has 2 fully saturated rings. The summed E-state index contributed by atoms with van der Waals surface area (Å²) in [5, 5.41) is 0. The lowest BCUT2D eigenvalue weighted by Gasteiger charge is -2.29. The molecule has 0 aromatic rings. The Morgan fingerprint density at radius 2 is 2.00 bits per heavy atom. The highest BCUT2D eigenvalue weighted by Gasteiger charge is 2.38. The molecule has 0 bridgehead atoms. The minimum absolute atomic E-state index is 1.01. The van der Waals surface area contributed by atoms with Gasteiger partial charge in [0.15, 0.2) is 0 Å². The van der Waals surface area contributed by atoms with Crippen molar-refractivity contribution in [1.82, 2.24) is 0 Å². The van der Waals surface area contributed by atoms with Crippen LogP contribution in [0.2, 0.25) is 0 Å². The first-order valence-electron chi connectivity index (χ1n) is 4.91. The van der Waals surface area contributed by atoms with Crippen molar-refractivity contribution >= 4 is 22.6 Å². The summed E-state index contributed by atoms with van der Waals surface area (Å²) >= 11 is 2.68. The van der Waals surface area contributed by atoms with Crippen molar-refractivity contribution in [2.75, 3.05) is 0 Å². The lowest BCUT2D eigenvalue weighted by molar-refractivity contribution is 0.295. The fourth-order valence-corrected chi connectivity index (χ4v) is 4.33. The predicted octanol–water partition coefficient (Wildman–Crippen LogP) is 3.64. The van der Waals surface area contributed by atoms with Gasteiger partial charge in [-0.15, -0.1) is 0 Å². The second-order valence-corrected chi connectivity index (χ2v) is 6.05. The molecular formula is C10H17I. The molecule has 0 heterocycles. The Bertz CT molecular complexity index is 144. The molecular weight excluding hydrogens is 247 g/mol. The van der Waals surface area contributed by atoms with E-state index in [-0.39, 0.29) is 0 Å². The van der Waals surface area contributed by atoms with E-state index in [2.05, 4.69) is 29.5 Å². The zero-order valence-electron chi connectivity index (χ0n) is 7.22. The van der Waals surface area contributed by atoms with Gasteiger partial charge in [-0.1, -0.05) is 42.4 Å². The number of halogens is 1. The number of hydrogen-bond acceptors (Lipinski definition) is 0. The summed E-state index contributed by atoms with van der Waals surface area (Å²) in [7, 11) is 0. The van der Waals surface area contributed by atoms with Crippen LogP contribution in [0.3, 0.4) is 0 Å². The third-order valence-corrected chi connectivity index (χ3v) is 5.05. The van der Waals surface area contributed by atoms with Crippen LogP contribution in [-0.2, 0) is 0 Å². The van der Waals surface area contributed by atoms with Crippen LogP contribution >= 0.6 is 22.6 Å². The van der Waals surface area contributed by atoms with Crippen LogP contribution in [0.1, 0.15) is 39.0 Å². The molecule has 11 heavy (non-hydrogen) atoms. The Hall–Kier alpha value is 0.730. The second-order valence-electron chi connectivity index (χ2n) is 4.45. The molecule has 0 aromatic carbocycles. The third kappa shape index (κ3) is 1.58. The van der Waals surface area contributed by atoms with Crippen molar-refractivity contribution in [3.63, 3.8) is 0 Å². The number of alkyl halides is 1. The van der Waals surface area contributed by atoms with Crippen molar-refractivity contribution in [3.8, 4) is 0 Å². The number of rotatable bonds is 0. The van der Waals surface area contributed by atoms with E-state index in [1.165, 1.54) is 32.1 Å². The van der Waals surface area contributed by atoms with Gasteiger partial charge < -0.3 is 0 Å². The molecule has 0 nitrogen and oxygen atoms in total. The van der Waals surface area contributed by atoms with Crippen LogP contribution in [0, 0.1) is 17.8 Å². The summed E-state index contributed by atoms with van der Waals surface area (Å²) in [5.41, 5.74) is 0. The van der Waals surface area contributed by atoms with Crippen LogP contribution in [0.4, 0.5) is 0 Å². The van der Waals surface area contributed by atoms with Gasteiger partial charge >= 0.3 is 0 Å². The van der Waals surface area contributed by atoms with Gasteiger partial charge in [0.2, 0.25) is 0 Å². The molecule has 1 heteroatoms. The highest BCUT2D eigenvalue weighted by Crippen LogP contribution is 2.47. The van der Waals surface area contributed by atoms with Gasteiger partial charge in [0.25, 0.3) is 0 Å². The minimum atomic E-state index is 1.01. The van der Waals surface area contributed by atoms with Crippen molar-refractivity contribution in [2.24, 2.45) is 17.8 Å². The van der Waals surface area contributed by atoms with Crippen molar-refractivity contribution in [3.05, 3.63) is 0 Å². The summed E-state index contributed by atoms with van der Waals surface area (Å²) in [5.74, 6) is 3.24. The normalized spacial score (nSPS) is 50.7. The zero-order chi connectivity index (χ0) is 7.84. The van der Waals surface area contributed by atoms with Gasteiger partial charge in [0.1, 0.15) is 0 Å². The van der Waals surface area contributed by atoms with Crippen molar-refractivity contribution in [2.45, 2.75) is 43.0 Å². The third-order valence-electron chi connectivity index (χ3n) is 3.50. The van der Waals surface area contributed by atoms with Gasteiger partial charge in [-0.05, 0) is 37.0 Å². The van der Waals surface area contributed by atoms with Gasteiger partial charge in [0.05, 0.1) is 0 Å². The average Bonchev–Trinajstić information content (AvgIpc) is 2.31. The maximum absolute atomic E-state index is 2.68. The molecule has 0 amide bonds. The average molecular weight is 264 g/mol. The lowest BCUT2D eigenvalue weighted by Crippen LogP contribution is -2.23. The molecule has 0 aliphatic heterocycles. The van der Waals surface area contributed by atoms with E-state index < -0.39 is 0 Å². The molecule has 2 aliphatic carbocycles. The minimum Gasteiger partial charge on any atom is -0.0823 e. The smallest absolute Gasteiger partial charge is 0.0141 e. The molecule has 0 radical (unpaired) electrons. The second kappa shape index (κ2) is 3.23. The van der Waals surface area contributed by atoms with Crippen LogP contribution in [0.25, 0.3) is 0 Å². The number of fused-ring (bicyclic) bond motifs is 1. The Labute approximate surface area is 83.3 Å². The maximum Gasteiger partial charge on any atom is 0.0141 e. The van der Waals surface area contributed by atoms with E-state index in [1.54, 1.807) is 0 Å². The SMILES string of the molecule is CC1CC2CCCC(I)C2C1. The maximum atomic E-state index is 2.68. The largest absolute Gasteiger partial charge is 0.0823 e. The van der Waals surface area contributed by atoms with Gasteiger partial charge in [-0.2, -0.15) is 0 Å². The van der Waals surface area contributed by atoms with E-state index in [0.29, 0.717) is 0 Å². The molecule has 64 valence electrons. The van der Waals surface area contributed by atoms with Crippen molar-refractivity contribution < 1.29 is 0 Å². The fourth-order valence-electron chi connectivity index (χ4n) is 3.01. The summed E-state index contributed by atoms with van der Waals surface area (Å²) < 4.78 is 1.01. The Morgan fingerprint density at radius 3 is 2.73 bits per heavy atom. The van der Waals surface area contributed by atoms with Crippen molar-refractivity contribution in [1.29, 1.82) is 0 Å². The van der Waals surface area contributed by atoms with Gasteiger partial charge in [0, 0.05) is 3.92 Å². The summed E-state index contributed by atoms with van der Waals surface area (Å²) in [6, 6.07) is 0. The standard InChI is InChI=1S/C10H17I/c1-7-5-8-3-2-4-10(11)9(8)6-7/h7-10H,2-6H2,1H3. The molecule has 4 unspecified atom stereocenters. The van der Waals surface area contributed by atoms with Gasteiger partial charge in [-0.25, -0.2) is 0 Å². The molecule has 4 atom stereocenters. The molecule has 2 saturated carbocycles. The molecule has 2 rings (SSSR count). The Morgan fingerprint density at radius 1 is 1.18 bits per heavy atom. The monoisotopic (exact) mass is 264 g/mol. The first kappa shape index (κ1) is 8.33. The molecule has 0 spiro atoms. The van der Waals surface area contributed by atoms with Gasteiger partial charge in [-0.3, -0.25) is 0 Å². The Balaban J connectivity index is 2.03. The van der Waals surface area contributed by atoms with E-state index in [0.717, 1.165) is 21.7 Å². The first-order valence-corrected chi connectivity index (χ1v) is 6.16. The predicted molar refractivity (Wildman–Crippen MR) is 57.0 cm³/mol. The molecule has 0 aromatic heterocycles. The molecule has 0 saturated heterocycles. The molecule has 2 aliphatic rings. The lowest BCUT2D eigenvalue weighted by atomic mass is 9.82. The van der Waals surface area contributed by atoms with E-state index >= 15 is 0 Å². The highest BCUT2D eigenvalue weighted by molar-refractivity contribution is 14.1. The fraction of sp³-hybridized carbons (Fsp3) is 1.00. The zero-order valence-corrected chi connectivity index (χ0v) is 9.38.